The summed E-state index contributed by atoms with van der Waals surface area (Å²) >= 11 is 9.75. The second-order valence-corrected chi connectivity index (χ2v) is 5.31. The number of aromatic nitrogens is 2. The molecule has 0 bridgehead atoms. The van der Waals surface area contributed by atoms with Gasteiger partial charge in [-0.05, 0) is 30.5 Å². The average Bonchev–Trinajstić information content (AvgIpc) is 3.08. The highest BCUT2D eigenvalue weighted by molar-refractivity contribution is 9.08. The summed E-state index contributed by atoms with van der Waals surface area (Å²) in [5.74, 6) is 0.672. The standard InChI is InChI=1S/C13H12BrClN2/c14-8-10-2-1-3-11(15)13(10)17-7-6-12(16-17)9-4-5-9/h1-3,6-7,9H,4-5,8H2. The molecule has 1 aromatic heterocycles. The van der Waals surface area contributed by atoms with Crippen molar-refractivity contribution in [1.29, 1.82) is 0 Å². The van der Waals surface area contributed by atoms with E-state index in [1.807, 2.05) is 23.0 Å². The molecule has 3 rings (SSSR count). The Balaban J connectivity index is 2.06. The highest BCUT2D eigenvalue weighted by Crippen LogP contribution is 2.39. The largest absolute Gasteiger partial charge is 0.239 e. The number of hydrogen-bond donors (Lipinski definition) is 0. The van der Waals surface area contributed by atoms with Gasteiger partial charge in [-0.25, -0.2) is 4.68 Å². The Kier molecular flexibility index (Phi) is 2.97. The van der Waals surface area contributed by atoms with Crippen LogP contribution in [0.1, 0.15) is 30.0 Å². The van der Waals surface area contributed by atoms with Crippen LogP contribution in [-0.4, -0.2) is 9.78 Å². The number of halogens is 2. The predicted molar refractivity (Wildman–Crippen MR) is 73.2 cm³/mol. The molecule has 17 heavy (non-hydrogen) atoms. The second kappa shape index (κ2) is 4.46. The van der Waals surface area contributed by atoms with E-state index >= 15 is 0 Å². The number of rotatable bonds is 3. The van der Waals surface area contributed by atoms with Gasteiger partial charge in [0.05, 0.1) is 16.4 Å². The Morgan fingerprint density at radius 2 is 2.18 bits per heavy atom. The van der Waals surface area contributed by atoms with E-state index in [2.05, 4.69) is 33.2 Å². The summed E-state index contributed by atoms with van der Waals surface area (Å²) < 4.78 is 1.90. The number of alkyl halides is 1. The maximum atomic E-state index is 6.27. The van der Waals surface area contributed by atoms with Crippen molar-refractivity contribution in [3.8, 4) is 5.69 Å². The summed E-state index contributed by atoms with van der Waals surface area (Å²) in [6.45, 7) is 0. The van der Waals surface area contributed by atoms with E-state index in [1.165, 1.54) is 18.5 Å². The molecular formula is C13H12BrClN2. The first-order valence-corrected chi connectivity index (χ1v) is 7.19. The van der Waals surface area contributed by atoms with E-state index in [0.717, 1.165) is 21.6 Å². The van der Waals surface area contributed by atoms with Gasteiger partial charge < -0.3 is 0 Å². The van der Waals surface area contributed by atoms with Crippen LogP contribution >= 0.6 is 27.5 Å². The molecule has 88 valence electrons. The summed E-state index contributed by atoms with van der Waals surface area (Å²) in [7, 11) is 0. The molecule has 2 aromatic rings. The van der Waals surface area contributed by atoms with Gasteiger partial charge in [0.1, 0.15) is 0 Å². The summed E-state index contributed by atoms with van der Waals surface area (Å²) in [6.07, 6.45) is 4.54. The van der Waals surface area contributed by atoms with Crippen LogP contribution in [0, 0.1) is 0 Å². The lowest BCUT2D eigenvalue weighted by atomic mass is 10.2. The molecule has 0 amide bonds. The minimum Gasteiger partial charge on any atom is -0.239 e. The topological polar surface area (TPSA) is 17.8 Å². The molecule has 0 atom stereocenters. The molecule has 0 unspecified atom stereocenters. The molecule has 1 aliphatic carbocycles. The lowest BCUT2D eigenvalue weighted by molar-refractivity contribution is 0.831. The van der Waals surface area contributed by atoms with E-state index in [-0.39, 0.29) is 0 Å². The smallest absolute Gasteiger partial charge is 0.0872 e. The molecule has 1 saturated carbocycles. The van der Waals surface area contributed by atoms with E-state index in [9.17, 15) is 0 Å². The van der Waals surface area contributed by atoms with Crippen molar-refractivity contribution in [2.45, 2.75) is 24.1 Å². The predicted octanol–water partition coefficient (Wildman–Crippen LogP) is 4.30. The lowest BCUT2D eigenvalue weighted by Crippen LogP contribution is -2.00. The molecule has 1 aromatic carbocycles. The molecule has 1 heterocycles. The fourth-order valence-corrected chi connectivity index (χ4v) is 2.72. The maximum absolute atomic E-state index is 6.27. The first kappa shape index (κ1) is 11.3. The zero-order valence-electron chi connectivity index (χ0n) is 9.24. The molecule has 0 radical (unpaired) electrons. The summed E-state index contributed by atoms with van der Waals surface area (Å²) in [5.41, 5.74) is 3.33. The third kappa shape index (κ3) is 2.14. The molecule has 1 aliphatic rings. The van der Waals surface area contributed by atoms with Gasteiger partial charge in [-0.1, -0.05) is 39.7 Å². The van der Waals surface area contributed by atoms with Gasteiger partial charge in [0.25, 0.3) is 0 Å². The van der Waals surface area contributed by atoms with Gasteiger partial charge in [0, 0.05) is 17.4 Å². The molecule has 4 heteroatoms. The Morgan fingerprint density at radius 1 is 1.35 bits per heavy atom. The van der Waals surface area contributed by atoms with Crippen molar-refractivity contribution in [2.75, 3.05) is 0 Å². The van der Waals surface area contributed by atoms with Crippen LogP contribution in [0.2, 0.25) is 5.02 Å². The van der Waals surface area contributed by atoms with Crippen molar-refractivity contribution in [2.24, 2.45) is 0 Å². The first-order valence-electron chi connectivity index (χ1n) is 5.69. The highest BCUT2D eigenvalue weighted by atomic mass is 79.9. The third-order valence-electron chi connectivity index (χ3n) is 3.05. The van der Waals surface area contributed by atoms with Crippen molar-refractivity contribution in [1.82, 2.24) is 9.78 Å². The highest BCUT2D eigenvalue weighted by Gasteiger charge is 2.26. The van der Waals surface area contributed by atoms with Crippen molar-refractivity contribution < 1.29 is 0 Å². The zero-order valence-corrected chi connectivity index (χ0v) is 11.6. The number of para-hydroxylation sites is 1. The van der Waals surface area contributed by atoms with Crippen LogP contribution in [0.15, 0.2) is 30.5 Å². The van der Waals surface area contributed by atoms with E-state index < -0.39 is 0 Å². The quantitative estimate of drug-likeness (QED) is 0.773. The second-order valence-electron chi connectivity index (χ2n) is 4.34. The van der Waals surface area contributed by atoms with Crippen LogP contribution in [0.25, 0.3) is 5.69 Å². The Hall–Kier alpha value is -0.800. The minimum atomic E-state index is 0.672. The van der Waals surface area contributed by atoms with Crippen LogP contribution in [0.5, 0.6) is 0 Å². The molecule has 2 nitrogen and oxygen atoms in total. The van der Waals surface area contributed by atoms with Gasteiger partial charge in [-0.2, -0.15) is 5.10 Å². The van der Waals surface area contributed by atoms with Gasteiger partial charge in [0.2, 0.25) is 0 Å². The Bertz CT molecular complexity index is 546. The molecule has 0 aliphatic heterocycles. The van der Waals surface area contributed by atoms with Gasteiger partial charge in [-0.15, -0.1) is 0 Å². The van der Waals surface area contributed by atoms with Crippen molar-refractivity contribution in [3.05, 3.63) is 46.7 Å². The molecular weight excluding hydrogens is 300 g/mol. The first-order chi connectivity index (χ1) is 8.29. The van der Waals surface area contributed by atoms with E-state index in [1.54, 1.807) is 0 Å². The zero-order chi connectivity index (χ0) is 11.8. The average molecular weight is 312 g/mol. The molecule has 1 fully saturated rings. The molecule has 0 spiro atoms. The van der Waals surface area contributed by atoms with Crippen LogP contribution in [0.3, 0.4) is 0 Å². The fraction of sp³-hybridized carbons (Fsp3) is 0.308. The summed E-state index contributed by atoms with van der Waals surface area (Å²) in [5, 5.41) is 6.15. The number of benzene rings is 1. The number of hydrogen-bond acceptors (Lipinski definition) is 1. The van der Waals surface area contributed by atoms with E-state index in [4.69, 9.17) is 11.6 Å². The van der Waals surface area contributed by atoms with Gasteiger partial charge >= 0.3 is 0 Å². The summed E-state index contributed by atoms with van der Waals surface area (Å²) in [6, 6.07) is 8.03. The number of nitrogens with zero attached hydrogens (tertiary/aromatic N) is 2. The maximum Gasteiger partial charge on any atom is 0.0872 e. The van der Waals surface area contributed by atoms with Crippen molar-refractivity contribution in [3.63, 3.8) is 0 Å². The summed E-state index contributed by atoms with van der Waals surface area (Å²) in [4.78, 5) is 0. The van der Waals surface area contributed by atoms with Crippen LogP contribution in [-0.2, 0) is 5.33 Å². The van der Waals surface area contributed by atoms with Crippen LogP contribution < -0.4 is 0 Å². The third-order valence-corrected chi connectivity index (χ3v) is 3.96. The minimum absolute atomic E-state index is 0.672. The lowest BCUT2D eigenvalue weighted by Gasteiger charge is -2.09. The Labute approximate surface area is 114 Å². The van der Waals surface area contributed by atoms with Gasteiger partial charge in [0.15, 0.2) is 0 Å². The van der Waals surface area contributed by atoms with E-state index in [0.29, 0.717) is 5.92 Å². The SMILES string of the molecule is Clc1cccc(CBr)c1-n1ccc(C2CC2)n1. The van der Waals surface area contributed by atoms with Gasteiger partial charge in [-0.3, -0.25) is 0 Å². The fourth-order valence-electron chi connectivity index (χ4n) is 1.98. The molecule has 0 saturated heterocycles. The van der Waals surface area contributed by atoms with Crippen LogP contribution in [0.4, 0.5) is 0 Å². The monoisotopic (exact) mass is 310 g/mol. The Morgan fingerprint density at radius 3 is 2.88 bits per heavy atom. The van der Waals surface area contributed by atoms with Crippen molar-refractivity contribution >= 4 is 27.5 Å². The normalized spacial score (nSPS) is 15.2. The molecule has 0 N–H and O–H groups in total.